The molecule has 22 heavy (non-hydrogen) atoms. The smallest absolute Gasteiger partial charge is 0.259 e. The zero-order chi connectivity index (χ0) is 15.9. The number of carbonyl (C=O) groups is 1. The fourth-order valence-corrected chi connectivity index (χ4v) is 3.03. The topological polar surface area (TPSA) is 66.1 Å². The number of nitrogens with zero attached hydrogens (tertiary/aromatic N) is 2. The van der Waals surface area contributed by atoms with Gasteiger partial charge in [-0.05, 0) is 25.0 Å². The van der Waals surface area contributed by atoms with Gasteiger partial charge in [0.25, 0.3) is 5.56 Å². The Balaban J connectivity index is 2.08. The molecule has 2 aromatic rings. The predicted octanol–water partition coefficient (Wildman–Crippen LogP) is 2.66. The summed E-state index contributed by atoms with van der Waals surface area (Å²) >= 11 is 1.28. The number of fused-ring (bicyclic) bond motifs is 1. The fourth-order valence-electron chi connectivity index (χ4n) is 2.26. The Morgan fingerprint density at radius 3 is 2.59 bits per heavy atom. The molecule has 1 amide bonds. The van der Waals surface area contributed by atoms with Crippen molar-refractivity contribution in [3.63, 3.8) is 0 Å². The lowest BCUT2D eigenvalue weighted by Crippen LogP contribution is -2.33. The summed E-state index contributed by atoms with van der Waals surface area (Å²) in [4.78, 5) is 33.2. The summed E-state index contributed by atoms with van der Waals surface area (Å²) in [6.07, 6.45) is 1.89. The number of nitrogens with one attached hydrogen (secondary N) is 1. The fraction of sp³-hybridized carbons (Fsp3) is 0.438. The van der Waals surface area contributed by atoms with Gasteiger partial charge < -0.3 is 9.88 Å². The molecule has 0 saturated carbocycles. The van der Waals surface area contributed by atoms with Crippen molar-refractivity contribution in [2.24, 2.45) is 0 Å². The van der Waals surface area contributed by atoms with Crippen molar-refractivity contribution in [1.29, 1.82) is 0 Å². The van der Waals surface area contributed by atoms with E-state index in [1.54, 1.807) is 12.1 Å². The first-order chi connectivity index (χ1) is 10.7. The van der Waals surface area contributed by atoms with Gasteiger partial charge in [0.05, 0.1) is 16.7 Å². The Labute approximate surface area is 134 Å². The van der Waals surface area contributed by atoms with E-state index in [2.05, 4.69) is 23.8 Å². The van der Waals surface area contributed by atoms with Crippen molar-refractivity contribution in [3.05, 3.63) is 34.6 Å². The highest BCUT2D eigenvalue weighted by Gasteiger charge is 2.13. The number of para-hydroxylation sites is 1. The van der Waals surface area contributed by atoms with Gasteiger partial charge in [0.15, 0.2) is 5.16 Å². The minimum absolute atomic E-state index is 0.0875. The minimum atomic E-state index is -0.167. The molecule has 0 bridgehead atoms. The zero-order valence-corrected chi connectivity index (χ0v) is 13.8. The Morgan fingerprint density at radius 1 is 1.23 bits per heavy atom. The number of amides is 1. The summed E-state index contributed by atoms with van der Waals surface area (Å²) in [6, 6.07) is 7.20. The second-order valence-corrected chi connectivity index (χ2v) is 6.02. The molecule has 1 aromatic carbocycles. The molecular formula is C16H21N3O2S. The Morgan fingerprint density at radius 2 is 1.91 bits per heavy atom. The molecule has 0 spiro atoms. The lowest BCUT2D eigenvalue weighted by Gasteiger charge is -2.21. The maximum absolute atomic E-state index is 12.2. The van der Waals surface area contributed by atoms with Gasteiger partial charge in [-0.3, -0.25) is 9.59 Å². The minimum Gasteiger partial charge on any atom is -0.342 e. The van der Waals surface area contributed by atoms with Crippen molar-refractivity contribution in [3.8, 4) is 0 Å². The van der Waals surface area contributed by atoms with Gasteiger partial charge in [0.2, 0.25) is 5.91 Å². The number of aromatic amines is 1. The first kappa shape index (κ1) is 16.5. The molecule has 0 fully saturated rings. The van der Waals surface area contributed by atoms with Crippen LogP contribution in [-0.4, -0.2) is 39.6 Å². The summed E-state index contributed by atoms with van der Waals surface area (Å²) in [7, 11) is 0. The molecular weight excluding hydrogens is 298 g/mol. The van der Waals surface area contributed by atoms with Crippen LogP contribution in [0.15, 0.2) is 34.2 Å². The molecule has 6 heteroatoms. The quantitative estimate of drug-likeness (QED) is 0.629. The van der Waals surface area contributed by atoms with Crippen molar-refractivity contribution < 1.29 is 4.79 Å². The van der Waals surface area contributed by atoms with E-state index in [-0.39, 0.29) is 11.5 Å². The highest BCUT2D eigenvalue weighted by Crippen LogP contribution is 2.15. The predicted molar refractivity (Wildman–Crippen MR) is 90.2 cm³/mol. The first-order valence-electron chi connectivity index (χ1n) is 7.55. The average Bonchev–Trinajstić information content (AvgIpc) is 2.52. The molecule has 5 nitrogen and oxygen atoms in total. The molecule has 0 aliphatic carbocycles. The van der Waals surface area contributed by atoms with Gasteiger partial charge in [-0.25, -0.2) is 4.98 Å². The van der Waals surface area contributed by atoms with E-state index in [1.165, 1.54) is 11.8 Å². The Hall–Kier alpha value is -1.82. The number of aromatic nitrogens is 2. The van der Waals surface area contributed by atoms with Crippen LogP contribution in [0, 0.1) is 0 Å². The number of rotatable bonds is 7. The number of H-pyrrole nitrogens is 1. The first-order valence-corrected chi connectivity index (χ1v) is 8.54. The second kappa shape index (κ2) is 7.98. The second-order valence-electron chi connectivity index (χ2n) is 5.06. The highest BCUT2D eigenvalue weighted by molar-refractivity contribution is 7.99. The number of hydrogen-bond acceptors (Lipinski definition) is 4. The molecule has 1 N–H and O–H groups in total. The van der Waals surface area contributed by atoms with E-state index in [0.717, 1.165) is 25.9 Å². The zero-order valence-electron chi connectivity index (χ0n) is 13.0. The van der Waals surface area contributed by atoms with Gasteiger partial charge in [0.1, 0.15) is 0 Å². The van der Waals surface area contributed by atoms with Gasteiger partial charge in [-0.2, -0.15) is 0 Å². The van der Waals surface area contributed by atoms with E-state index >= 15 is 0 Å². The van der Waals surface area contributed by atoms with E-state index in [0.29, 0.717) is 21.8 Å². The molecule has 2 rings (SSSR count). The van der Waals surface area contributed by atoms with E-state index in [4.69, 9.17) is 0 Å². The van der Waals surface area contributed by atoms with Gasteiger partial charge in [0, 0.05) is 13.1 Å². The van der Waals surface area contributed by atoms with Crippen molar-refractivity contribution in [1.82, 2.24) is 14.9 Å². The molecule has 1 heterocycles. The lowest BCUT2D eigenvalue weighted by atomic mass is 10.2. The Bertz CT molecular complexity index is 693. The van der Waals surface area contributed by atoms with Crippen LogP contribution in [0.5, 0.6) is 0 Å². The molecule has 0 unspecified atom stereocenters. The number of benzene rings is 1. The summed E-state index contributed by atoms with van der Waals surface area (Å²) in [5.41, 5.74) is 0.486. The van der Waals surface area contributed by atoms with E-state index in [1.807, 2.05) is 17.0 Å². The third kappa shape index (κ3) is 4.10. The standard InChI is InChI=1S/C16H21N3O2S/c1-3-9-19(10-4-2)14(20)11-22-16-17-13-8-6-5-7-12(13)15(21)18-16/h5-8H,3-4,9-11H2,1-2H3,(H,17,18,21). The largest absolute Gasteiger partial charge is 0.342 e. The van der Waals surface area contributed by atoms with Crippen LogP contribution in [0.25, 0.3) is 10.9 Å². The monoisotopic (exact) mass is 319 g/mol. The van der Waals surface area contributed by atoms with Crippen LogP contribution in [-0.2, 0) is 4.79 Å². The molecule has 118 valence electrons. The lowest BCUT2D eigenvalue weighted by molar-refractivity contribution is -0.128. The SMILES string of the molecule is CCCN(CCC)C(=O)CSc1nc2ccccc2c(=O)[nH]1. The summed E-state index contributed by atoms with van der Waals surface area (Å²) in [5.74, 6) is 0.380. The highest BCUT2D eigenvalue weighted by atomic mass is 32.2. The molecule has 0 aliphatic heterocycles. The van der Waals surface area contributed by atoms with Gasteiger partial charge in [-0.1, -0.05) is 37.7 Å². The normalized spacial score (nSPS) is 10.8. The molecule has 0 atom stereocenters. The van der Waals surface area contributed by atoms with Gasteiger partial charge >= 0.3 is 0 Å². The van der Waals surface area contributed by atoms with Crippen LogP contribution >= 0.6 is 11.8 Å². The average molecular weight is 319 g/mol. The van der Waals surface area contributed by atoms with Crippen LogP contribution in [0.2, 0.25) is 0 Å². The van der Waals surface area contributed by atoms with Gasteiger partial charge in [-0.15, -0.1) is 0 Å². The molecule has 0 aliphatic rings. The summed E-state index contributed by atoms with van der Waals surface area (Å²) in [5, 5.41) is 1.06. The van der Waals surface area contributed by atoms with Crippen molar-refractivity contribution >= 4 is 28.6 Å². The molecule has 1 aromatic heterocycles. The van der Waals surface area contributed by atoms with Crippen molar-refractivity contribution in [2.45, 2.75) is 31.8 Å². The maximum Gasteiger partial charge on any atom is 0.259 e. The number of thioether (sulfide) groups is 1. The van der Waals surface area contributed by atoms with Crippen LogP contribution < -0.4 is 5.56 Å². The number of carbonyl (C=O) groups excluding carboxylic acids is 1. The van der Waals surface area contributed by atoms with Crippen LogP contribution in [0.1, 0.15) is 26.7 Å². The van der Waals surface area contributed by atoms with Crippen molar-refractivity contribution in [2.75, 3.05) is 18.8 Å². The van der Waals surface area contributed by atoms with Crippen LogP contribution in [0.4, 0.5) is 0 Å². The molecule has 0 radical (unpaired) electrons. The summed E-state index contributed by atoms with van der Waals surface area (Å²) < 4.78 is 0. The molecule has 0 saturated heterocycles. The number of hydrogen-bond donors (Lipinski definition) is 1. The van der Waals surface area contributed by atoms with E-state index < -0.39 is 0 Å². The summed E-state index contributed by atoms with van der Waals surface area (Å²) in [6.45, 7) is 5.67. The Kier molecular flexibility index (Phi) is 6.00. The van der Waals surface area contributed by atoms with E-state index in [9.17, 15) is 9.59 Å². The van der Waals surface area contributed by atoms with Crippen LogP contribution in [0.3, 0.4) is 0 Å². The third-order valence-corrected chi connectivity index (χ3v) is 4.12. The maximum atomic E-state index is 12.2. The third-order valence-electron chi connectivity index (χ3n) is 3.26.